The van der Waals surface area contributed by atoms with Gasteiger partial charge < -0.3 is 5.73 Å². The Balaban J connectivity index is 2.27. The van der Waals surface area contributed by atoms with Gasteiger partial charge in [-0.05, 0) is 19.8 Å². The average molecular weight is 163 g/mol. The predicted octanol–water partition coefficient (Wildman–Crippen LogP) is 1.31. The van der Waals surface area contributed by atoms with Gasteiger partial charge in [0.25, 0.3) is 0 Å². The molecule has 64 valence electrons. The molecule has 3 N–H and O–H groups in total. The van der Waals surface area contributed by atoms with E-state index >= 15 is 0 Å². The van der Waals surface area contributed by atoms with Crippen molar-refractivity contribution in [1.82, 2.24) is 0 Å². The molecule has 3 nitrogen and oxygen atoms in total. The Morgan fingerprint density at radius 3 is 3.08 bits per heavy atom. The normalized spacial score (nSPS) is 34.2. The van der Waals surface area contributed by atoms with E-state index in [4.69, 9.17) is 11.1 Å². The zero-order chi connectivity index (χ0) is 8.72. The van der Waals surface area contributed by atoms with Crippen molar-refractivity contribution >= 4 is 11.7 Å². The van der Waals surface area contributed by atoms with Crippen LogP contribution in [0.15, 0.2) is 16.6 Å². The molecule has 3 heteroatoms. The number of allylic oxidation sites excluding steroid dienone is 2. The molecule has 1 aliphatic heterocycles. The van der Waals surface area contributed by atoms with Gasteiger partial charge in [-0.25, -0.2) is 4.99 Å². The third kappa shape index (κ3) is 0.967. The Hall–Kier alpha value is -1.12. The maximum Gasteiger partial charge on any atom is 0.126 e. The van der Waals surface area contributed by atoms with Crippen LogP contribution in [0.1, 0.15) is 19.8 Å². The highest BCUT2D eigenvalue weighted by molar-refractivity contribution is 6.05. The summed E-state index contributed by atoms with van der Waals surface area (Å²) in [6.45, 7) is 2.11. The molecule has 0 aromatic heterocycles. The molecule has 1 heterocycles. The molecule has 0 spiro atoms. The van der Waals surface area contributed by atoms with E-state index in [0.29, 0.717) is 17.6 Å². The lowest BCUT2D eigenvalue weighted by molar-refractivity contribution is 0.514. The zero-order valence-electron chi connectivity index (χ0n) is 7.17. The van der Waals surface area contributed by atoms with Gasteiger partial charge in [-0.1, -0.05) is 11.6 Å². The Labute approximate surface area is 71.9 Å². The highest BCUT2D eigenvalue weighted by Crippen LogP contribution is 2.34. The summed E-state index contributed by atoms with van der Waals surface area (Å²) in [5, 5.41) is 7.60. The molecule has 0 radical (unpaired) electrons. The van der Waals surface area contributed by atoms with Crippen LogP contribution >= 0.6 is 0 Å². The van der Waals surface area contributed by atoms with Crippen molar-refractivity contribution < 1.29 is 0 Å². The van der Waals surface area contributed by atoms with Crippen LogP contribution in [0.2, 0.25) is 0 Å². The van der Waals surface area contributed by atoms with E-state index < -0.39 is 0 Å². The van der Waals surface area contributed by atoms with E-state index in [2.05, 4.69) is 18.0 Å². The van der Waals surface area contributed by atoms with Crippen molar-refractivity contribution in [2.24, 2.45) is 22.6 Å². The number of nitrogens with zero attached hydrogens (tertiary/aromatic N) is 1. The second-order valence-corrected chi connectivity index (χ2v) is 3.63. The largest absolute Gasteiger partial charge is 0.387 e. The molecule has 0 bridgehead atoms. The van der Waals surface area contributed by atoms with E-state index in [1.54, 1.807) is 0 Å². The summed E-state index contributed by atoms with van der Waals surface area (Å²) in [4.78, 5) is 4.01. The van der Waals surface area contributed by atoms with Crippen LogP contribution in [0.3, 0.4) is 0 Å². The zero-order valence-corrected chi connectivity index (χ0v) is 7.17. The van der Waals surface area contributed by atoms with E-state index in [9.17, 15) is 0 Å². The van der Waals surface area contributed by atoms with E-state index in [0.717, 1.165) is 12.8 Å². The van der Waals surface area contributed by atoms with E-state index in [-0.39, 0.29) is 5.92 Å². The summed E-state index contributed by atoms with van der Waals surface area (Å²) in [5.41, 5.74) is 7.07. The summed E-state index contributed by atoms with van der Waals surface area (Å²) in [6.07, 6.45) is 4.14. The van der Waals surface area contributed by atoms with Crippen molar-refractivity contribution in [2.75, 3.05) is 0 Å². The van der Waals surface area contributed by atoms with Crippen LogP contribution < -0.4 is 5.73 Å². The van der Waals surface area contributed by atoms with Gasteiger partial charge in [0.15, 0.2) is 0 Å². The van der Waals surface area contributed by atoms with Crippen LogP contribution in [0.4, 0.5) is 0 Å². The predicted molar refractivity (Wildman–Crippen MR) is 49.3 cm³/mol. The Kier molecular flexibility index (Phi) is 1.53. The van der Waals surface area contributed by atoms with Crippen LogP contribution in [0.5, 0.6) is 0 Å². The Bertz CT molecular complexity index is 288. The van der Waals surface area contributed by atoms with Gasteiger partial charge in [-0.3, -0.25) is 5.41 Å². The standard InChI is InChI=1S/C9H13N3/c1-5-2-3-6-7(4-5)9(11)12-8(6)10/h2,6-7H,3-4H2,1H3,(H3,10,11,12). The number of hydrogen-bond acceptors (Lipinski definition) is 2. The number of amidine groups is 2. The topological polar surface area (TPSA) is 62.2 Å². The number of fused-ring (bicyclic) bond motifs is 1. The SMILES string of the molecule is CC1=CCC2C(N)=NC(=N)C2C1. The van der Waals surface area contributed by atoms with Crippen molar-refractivity contribution in [3.63, 3.8) is 0 Å². The van der Waals surface area contributed by atoms with Gasteiger partial charge in [0, 0.05) is 11.8 Å². The van der Waals surface area contributed by atoms with Crippen LogP contribution in [-0.4, -0.2) is 11.7 Å². The lowest BCUT2D eigenvalue weighted by Gasteiger charge is -2.22. The summed E-state index contributed by atoms with van der Waals surface area (Å²) in [7, 11) is 0. The van der Waals surface area contributed by atoms with Crippen molar-refractivity contribution in [3.8, 4) is 0 Å². The monoisotopic (exact) mass is 163 g/mol. The fourth-order valence-electron chi connectivity index (χ4n) is 1.98. The van der Waals surface area contributed by atoms with Gasteiger partial charge in [0.05, 0.1) is 0 Å². The molecule has 1 aliphatic carbocycles. The molecule has 0 fully saturated rings. The number of hydrogen-bond donors (Lipinski definition) is 2. The molecule has 0 aromatic rings. The van der Waals surface area contributed by atoms with Gasteiger partial charge in [-0.2, -0.15) is 0 Å². The number of nitrogens with two attached hydrogens (primary N) is 1. The van der Waals surface area contributed by atoms with Gasteiger partial charge in [-0.15, -0.1) is 0 Å². The second kappa shape index (κ2) is 2.44. The minimum absolute atomic E-state index is 0.273. The minimum atomic E-state index is 0.273. The summed E-state index contributed by atoms with van der Waals surface area (Å²) < 4.78 is 0. The molecule has 2 atom stereocenters. The maximum atomic E-state index is 7.60. The summed E-state index contributed by atoms with van der Waals surface area (Å²) in [6, 6.07) is 0. The second-order valence-electron chi connectivity index (χ2n) is 3.63. The highest BCUT2D eigenvalue weighted by atomic mass is 15.0. The van der Waals surface area contributed by atoms with E-state index in [1.807, 2.05) is 0 Å². The van der Waals surface area contributed by atoms with Crippen LogP contribution in [0.25, 0.3) is 0 Å². The van der Waals surface area contributed by atoms with Crippen LogP contribution in [-0.2, 0) is 0 Å². The first kappa shape index (κ1) is 7.53. The molecule has 0 saturated carbocycles. The van der Waals surface area contributed by atoms with Crippen molar-refractivity contribution in [3.05, 3.63) is 11.6 Å². The Morgan fingerprint density at radius 1 is 1.58 bits per heavy atom. The fourth-order valence-corrected chi connectivity index (χ4v) is 1.98. The maximum absolute atomic E-state index is 7.60. The van der Waals surface area contributed by atoms with E-state index in [1.165, 1.54) is 5.57 Å². The molecule has 2 rings (SSSR count). The lowest BCUT2D eigenvalue weighted by Crippen LogP contribution is -2.28. The first-order valence-electron chi connectivity index (χ1n) is 4.26. The summed E-state index contributed by atoms with van der Waals surface area (Å²) in [5.74, 6) is 1.73. The Morgan fingerprint density at radius 2 is 2.33 bits per heavy atom. The highest BCUT2D eigenvalue weighted by Gasteiger charge is 2.35. The van der Waals surface area contributed by atoms with Gasteiger partial charge in [0.1, 0.15) is 11.7 Å². The average Bonchev–Trinajstić information content (AvgIpc) is 2.28. The molecule has 12 heavy (non-hydrogen) atoms. The van der Waals surface area contributed by atoms with Crippen LogP contribution in [0, 0.1) is 17.2 Å². The summed E-state index contributed by atoms with van der Waals surface area (Å²) >= 11 is 0. The smallest absolute Gasteiger partial charge is 0.126 e. The molecule has 0 amide bonds. The van der Waals surface area contributed by atoms with Gasteiger partial charge >= 0.3 is 0 Å². The fraction of sp³-hybridized carbons (Fsp3) is 0.556. The van der Waals surface area contributed by atoms with Gasteiger partial charge in [0.2, 0.25) is 0 Å². The number of nitrogens with one attached hydrogen (secondary N) is 1. The first-order valence-corrected chi connectivity index (χ1v) is 4.26. The number of aliphatic imine (C=N–C) groups is 1. The third-order valence-electron chi connectivity index (χ3n) is 2.73. The minimum Gasteiger partial charge on any atom is -0.387 e. The number of rotatable bonds is 0. The molecule has 2 unspecified atom stereocenters. The first-order chi connectivity index (χ1) is 5.68. The van der Waals surface area contributed by atoms with Crippen molar-refractivity contribution in [1.29, 1.82) is 5.41 Å². The molecule has 2 aliphatic rings. The molecular weight excluding hydrogens is 150 g/mol. The quantitative estimate of drug-likeness (QED) is 0.519. The molecule has 0 aromatic carbocycles. The molecular formula is C9H13N3. The third-order valence-corrected chi connectivity index (χ3v) is 2.73. The van der Waals surface area contributed by atoms with Crippen molar-refractivity contribution in [2.45, 2.75) is 19.8 Å². The lowest BCUT2D eigenvalue weighted by atomic mass is 9.81. The molecule has 0 saturated heterocycles.